The molecule has 0 saturated heterocycles. The summed E-state index contributed by atoms with van der Waals surface area (Å²) < 4.78 is 54.2. The average molecular weight is 301 g/mol. The molecule has 0 aliphatic heterocycles. The lowest BCUT2D eigenvalue weighted by molar-refractivity contribution is -0.116. The van der Waals surface area contributed by atoms with Gasteiger partial charge in [-0.1, -0.05) is 0 Å². The topological polar surface area (TPSA) is 46.9 Å². The van der Waals surface area contributed by atoms with Gasteiger partial charge in [0.25, 0.3) is 0 Å². The maximum Gasteiger partial charge on any atom is 0.226 e. The number of carbonyl (C=O) groups excluding carboxylic acids is 1. The van der Waals surface area contributed by atoms with Gasteiger partial charge >= 0.3 is 0 Å². The van der Waals surface area contributed by atoms with Crippen molar-refractivity contribution in [1.82, 2.24) is 9.78 Å². The van der Waals surface area contributed by atoms with Gasteiger partial charge in [0.1, 0.15) is 5.69 Å². The van der Waals surface area contributed by atoms with Crippen LogP contribution in [0.2, 0.25) is 0 Å². The van der Waals surface area contributed by atoms with Crippen LogP contribution in [0, 0.1) is 30.2 Å². The number of aromatic nitrogens is 2. The normalized spacial score (nSPS) is 10.7. The molecule has 0 aliphatic carbocycles. The standard InChI is InChI=1S/C13H11F4N3O/c1-7-2-4-18-20(7)5-3-10(21)19-13-11(16)8(14)6-9(15)12(13)17/h2,4,6H,3,5H2,1H3,(H,19,21). The third kappa shape index (κ3) is 3.21. The summed E-state index contributed by atoms with van der Waals surface area (Å²) in [6.07, 6.45) is 1.38. The van der Waals surface area contributed by atoms with E-state index in [0.717, 1.165) is 5.69 Å². The first-order valence-corrected chi connectivity index (χ1v) is 6.01. The molecule has 0 spiro atoms. The predicted molar refractivity (Wildman–Crippen MR) is 66.5 cm³/mol. The van der Waals surface area contributed by atoms with E-state index in [4.69, 9.17) is 0 Å². The highest BCUT2D eigenvalue weighted by Gasteiger charge is 2.20. The van der Waals surface area contributed by atoms with Crippen molar-refractivity contribution in [1.29, 1.82) is 0 Å². The summed E-state index contributed by atoms with van der Waals surface area (Å²) in [4.78, 5) is 11.6. The molecule has 1 N–H and O–H groups in total. The molecule has 2 aromatic rings. The summed E-state index contributed by atoms with van der Waals surface area (Å²) in [6.45, 7) is 1.94. The van der Waals surface area contributed by atoms with Crippen LogP contribution in [0.25, 0.3) is 0 Å². The Hall–Kier alpha value is -2.38. The van der Waals surface area contributed by atoms with Crippen LogP contribution in [0.15, 0.2) is 18.3 Å². The molecular weight excluding hydrogens is 290 g/mol. The highest BCUT2D eigenvalue weighted by Crippen LogP contribution is 2.24. The largest absolute Gasteiger partial charge is 0.321 e. The number of benzene rings is 1. The maximum atomic E-state index is 13.4. The van der Waals surface area contributed by atoms with Gasteiger partial charge in [-0.05, 0) is 13.0 Å². The zero-order chi connectivity index (χ0) is 15.6. The second-order valence-corrected chi connectivity index (χ2v) is 4.34. The first kappa shape index (κ1) is 15.0. The summed E-state index contributed by atoms with van der Waals surface area (Å²) in [5, 5.41) is 5.76. The lowest BCUT2D eigenvalue weighted by atomic mass is 10.2. The van der Waals surface area contributed by atoms with Gasteiger partial charge in [-0.25, -0.2) is 17.6 Å². The zero-order valence-corrected chi connectivity index (χ0v) is 11.0. The third-order valence-electron chi connectivity index (χ3n) is 2.86. The second kappa shape index (κ2) is 5.94. The van der Waals surface area contributed by atoms with Gasteiger partial charge in [0, 0.05) is 30.9 Å². The number of rotatable bonds is 4. The van der Waals surface area contributed by atoms with E-state index >= 15 is 0 Å². The van der Waals surface area contributed by atoms with Crippen LogP contribution in [0.3, 0.4) is 0 Å². The molecule has 2 rings (SSSR count). The highest BCUT2D eigenvalue weighted by atomic mass is 19.2. The number of hydrogen-bond acceptors (Lipinski definition) is 2. The van der Waals surface area contributed by atoms with Crippen LogP contribution in [0.5, 0.6) is 0 Å². The maximum absolute atomic E-state index is 13.4. The van der Waals surface area contributed by atoms with Crippen LogP contribution in [-0.2, 0) is 11.3 Å². The third-order valence-corrected chi connectivity index (χ3v) is 2.86. The van der Waals surface area contributed by atoms with E-state index in [1.54, 1.807) is 13.0 Å². The van der Waals surface area contributed by atoms with Crippen molar-refractivity contribution >= 4 is 11.6 Å². The Morgan fingerprint density at radius 3 is 2.38 bits per heavy atom. The Morgan fingerprint density at radius 2 is 1.86 bits per heavy atom. The molecule has 1 aromatic carbocycles. The van der Waals surface area contributed by atoms with Gasteiger partial charge in [0.05, 0.1) is 0 Å². The number of hydrogen-bond donors (Lipinski definition) is 1. The van der Waals surface area contributed by atoms with Crippen LogP contribution < -0.4 is 5.32 Å². The molecule has 21 heavy (non-hydrogen) atoms. The monoisotopic (exact) mass is 301 g/mol. The molecule has 0 saturated carbocycles. The molecule has 0 bridgehead atoms. The van der Waals surface area contributed by atoms with Crippen molar-refractivity contribution in [2.75, 3.05) is 5.32 Å². The molecule has 1 amide bonds. The van der Waals surface area contributed by atoms with E-state index in [0.29, 0.717) is 0 Å². The molecule has 0 atom stereocenters. The second-order valence-electron chi connectivity index (χ2n) is 4.34. The predicted octanol–water partition coefficient (Wildman–Crippen LogP) is 2.78. The fourth-order valence-corrected chi connectivity index (χ4v) is 1.73. The quantitative estimate of drug-likeness (QED) is 0.697. The van der Waals surface area contributed by atoms with Gasteiger partial charge in [-0.3, -0.25) is 9.48 Å². The number of nitrogens with one attached hydrogen (secondary N) is 1. The van der Waals surface area contributed by atoms with Gasteiger partial charge in [0.2, 0.25) is 5.91 Å². The SMILES string of the molecule is Cc1ccnn1CCC(=O)Nc1c(F)c(F)cc(F)c1F. The molecule has 4 nitrogen and oxygen atoms in total. The summed E-state index contributed by atoms with van der Waals surface area (Å²) >= 11 is 0. The fraction of sp³-hybridized carbons (Fsp3) is 0.231. The minimum Gasteiger partial charge on any atom is -0.321 e. The molecular formula is C13H11F4N3O. The Bertz CT molecular complexity index is 658. The summed E-state index contributed by atoms with van der Waals surface area (Å²) in [6, 6.07) is 1.80. The highest BCUT2D eigenvalue weighted by molar-refractivity contribution is 5.90. The van der Waals surface area contributed by atoms with Crippen LogP contribution >= 0.6 is 0 Å². The van der Waals surface area contributed by atoms with E-state index in [1.807, 2.05) is 5.32 Å². The van der Waals surface area contributed by atoms with E-state index in [1.165, 1.54) is 10.9 Å². The van der Waals surface area contributed by atoms with Gasteiger partial charge in [0.15, 0.2) is 23.3 Å². The molecule has 0 radical (unpaired) electrons. The van der Waals surface area contributed by atoms with Crippen molar-refractivity contribution in [2.45, 2.75) is 19.9 Å². The Morgan fingerprint density at radius 1 is 1.24 bits per heavy atom. The summed E-state index contributed by atoms with van der Waals surface area (Å²) in [7, 11) is 0. The van der Waals surface area contributed by atoms with Crippen LogP contribution in [0.4, 0.5) is 23.2 Å². The first-order valence-electron chi connectivity index (χ1n) is 6.01. The number of halogens is 4. The van der Waals surface area contributed by atoms with Crippen LogP contribution in [0.1, 0.15) is 12.1 Å². The van der Waals surface area contributed by atoms with Gasteiger partial charge < -0.3 is 5.32 Å². The fourth-order valence-electron chi connectivity index (χ4n) is 1.73. The van der Waals surface area contributed by atoms with Crippen molar-refractivity contribution in [2.24, 2.45) is 0 Å². The Balaban J connectivity index is 2.08. The summed E-state index contributed by atoms with van der Waals surface area (Å²) in [5.74, 6) is -7.22. The molecule has 0 unspecified atom stereocenters. The Kier molecular flexibility index (Phi) is 4.25. The number of nitrogens with zero attached hydrogens (tertiary/aromatic N) is 2. The van der Waals surface area contributed by atoms with Crippen molar-refractivity contribution in [3.05, 3.63) is 47.3 Å². The lowest BCUT2D eigenvalue weighted by Crippen LogP contribution is -2.18. The molecule has 1 aromatic heterocycles. The molecule has 8 heteroatoms. The van der Waals surface area contributed by atoms with E-state index in [2.05, 4.69) is 5.10 Å². The molecule has 1 heterocycles. The van der Waals surface area contributed by atoms with Crippen molar-refractivity contribution < 1.29 is 22.4 Å². The van der Waals surface area contributed by atoms with Crippen LogP contribution in [-0.4, -0.2) is 15.7 Å². The number of carbonyl (C=O) groups is 1. The smallest absolute Gasteiger partial charge is 0.226 e. The molecule has 0 aliphatic rings. The van der Waals surface area contributed by atoms with Gasteiger partial charge in [-0.2, -0.15) is 5.10 Å². The number of aryl methyl sites for hydroxylation is 2. The number of anilines is 1. The first-order chi connectivity index (χ1) is 9.90. The average Bonchev–Trinajstić information content (AvgIpc) is 2.84. The van der Waals surface area contributed by atoms with Crippen molar-refractivity contribution in [3.8, 4) is 0 Å². The molecule has 0 fully saturated rings. The van der Waals surface area contributed by atoms with E-state index in [-0.39, 0.29) is 19.0 Å². The number of amides is 1. The minimum absolute atomic E-state index is 0.0768. The van der Waals surface area contributed by atoms with E-state index < -0.39 is 34.9 Å². The van der Waals surface area contributed by atoms with Gasteiger partial charge in [-0.15, -0.1) is 0 Å². The Labute approximate surface area is 117 Å². The summed E-state index contributed by atoms with van der Waals surface area (Å²) in [5.41, 5.74) is -0.327. The zero-order valence-electron chi connectivity index (χ0n) is 11.0. The lowest BCUT2D eigenvalue weighted by Gasteiger charge is -2.09. The minimum atomic E-state index is -1.64. The van der Waals surface area contributed by atoms with Crippen molar-refractivity contribution in [3.63, 3.8) is 0 Å². The molecule has 112 valence electrons. The van der Waals surface area contributed by atoms with E-state index in [9.17, 15) is 22.4 Å².